The lowest BCUT2D eigenvalue weighted by molar-refractivity contribution is -0.137. The van der Waals surface area contributed by atoms with E-state index in [0.29, 0.717) is 6.61 Å². The molecule has 0 amide bonds. The zero-order chi connectivity index (χ0) is 7.11. The summed E-state index contributed by atoms with van der Waals surface area (Å²) < 4.78 is 4.44. The summed E-state index contributed by atoms with van der Waals surface area (Å²) in [5.41, 5.74) is 0. The summed E-state index contributed by atoms with van der Waals surface area (Å²) >= 11 is 0. The molecule has 0 spiro atoms. The highest BCUT2D eigenvalue weighted by molar-refractivity contribution is 5.86. The van der Waals surface area contributed by atoms with Gasteiger partial charge in [-0.2, -0.15) is 0 Å². The predicted molar refractivity (Wildman–Crippen MR) is 31.5 cm³/mol. The van der Waals surface area contributed by atoms with Crippen LogP contribution >= 0.6 is 0 Å². The molecule has 0 unspecified atom stereocenters. The SMILES string of the molecule is CCOC(=O)C=C[C]=O. The predicted octanol–water partition coefficient (Wildman–Crippen LogP) is 0.215. The third-order valence-corrected chi connectivity index (χ3v) is 0.574. The molecule has 0 fully saturated rings. The number of hydrogen-bond donors (Lipinski definition) is 0. The zero-order valence-electron chi connectivity index (χ0n) is 5.09. The third-order valence-electron chi connectivity index (χ3n) is 0.574. The van der Waals surface area contributed by atoms with Crippen LogP contribution in [-0.4, -0.2) is 18.9 Å². The smallest absolute Gasteiger partial charge is 0.330 e. The first-order chi connectivity index (χ1) is 4.31. The van der Waals surface area contributed by atoms with Crippen LogP contribution in [0.5, 0.6) is 0 Å². The first-order valence-electron chi connectivity index (χ1n) is 2.52. The van der Waals surface area contributed by atoms with Crippen molar-refractivity contribution >= 4 is 12.3 Å². The van der Waals surface area contributed by atoms with E-state index in [0.717, 1.165) is 12.2 Å². The quantitative estimate of drug-likeness (QED) is 0.402. The molecule has 0 aliphatic carbocycles. The van der Waals surface area contributed by atoms with Gasteiger partial charge in [-0.15, -0.1) is 0 Å². The van der Waals surface area contributed by atoms with Gasteiger partial charge in [0, 0.05) is 6.08 Å². The summed E-state index contributed by atoms with van der Waals surface area (Å²) in [5.74, 6) is -0.513. The van der Waals surface area contributed by atoms with Gasteiger partial charge in [0.15, 0.2) is 0 Å². The molecule has 0 aromatic heterocycles. The van der Waals surface area contributed by atoms with Crippen LogP contribution in [0.2, 0.25) is 0 Å². The molecule has 0 saturated heterocycles. The lowest BCUT2D eigenvalue weighted by Gasteiger charge is -1.91. The summed E-state index contributed by atoms with van der Waals surface area (Å²) in [6, 6.07) is 0. The van der Waals surface area contributed by atoms with E-state index in [9.17, 15) is 9.59 Å². The molecule has 1 radical (unpaired) electrons. The van der Waals surface area contributed by atoms with Crippen molar-refractivity contribution < 1.29 is 14.3 Å². The van der Waals surface area contributed by atoms with Crippen molar-refractivity contribution in [3.8, 4) is 0 Å². The second-order valence-corrected chi connectivity index (χ2v) is 1.20. The van der Waals surface area contributed by atoms with Crippen LogP contribution in [0.3, 0.4) is 0 Å². The van der Waals surface area contributed by atoms with Gasteiger partial charge in [-0.05, 0) is 13.0 Å². The Morgan fingerprint density at radius 3 is 2.89 bits per heavy atom. The minimum atomic E-state index is -0.513. The Labute approximate surface area is 53.3 Å². The van der Waals surface area contributed by atoms with Gasteiger partial charge in [-0.25, -0.2) is 4.79 Å². The van der Waals surface area contributed by atoms with E-state index in [1.165, 1.54) is 6.29 Å². The molecule has 0 bridgehead atoms. The number of allylic oxidation sites excluding steroid dienone is 1. The number of hydrogen-bond acceptors (Lipinski definition) is 3. The Hall–Kier alpha value is -1.12. The van der Waals surface area contributed by atoms with E-state index in [2.05, 4.69) is 4.74 Å². The number of ether oxygens (including phenoxy) is 1. The van der Waals surface area contributed by atoms with Gasteiger partial charge in [-0.3, -0.25) is 4.79 Å². The van der Waals surface area contributed by atoms with Gasteiger partial charge in [0.1, 0.15) is 0 Å². The molecule has 49 valence electrons. The van der Waals surface area contributed by atoms with E-state index in [-0.39, 0.29) is 0 Å². The number of carbonyl (C=O) groups is 1. The van der Waals surface area contributed by atoms with Crippen molar-refractivity contribution in [3.63, 3.8) is 0 Å². The molecular weight excluding hydrogens is 120 g/mol. The van der Waals surface area contributed by atoms with Crippen LogP contribution in [0.15, 0.2) is 12.2 Å². The molecule has 0 saturated carbocycles. The molecule has 0 aliphatic heterocycles. The van der Waals surface area contributed by atoms with Crippen molar-refractivity contribution in [2.45, 2.75) is 6.92 Å². The van der Waals surface area contributed by atoms with E-state index in [4.69, 9.17) is 0 Å². The van der Waals surface area contributed by atoms with Crippen LogP contribution in [0.25, 0.3) is 0 Å². The summed E-state index contributed by atoms with van der Waals surface area (Å²) in [6.07, 6.45) is 3.42. The van der Waals surface area contributed by atoms with Crippen LogP contribution in [0, 0.1) is 0 Å². The number of rotatable bonds is 3. The van der Waals surface area contributed by atoms with E-state index in [1.54, 1.807) is 6.92 Å². The van der Waals surface area contributed by atoms with Crippen LogP contribution in [0.4, 0.5) is 0 Å². The monoisotopic (exact) mass is 127 g/mol. The largest absolute Gasteiger partial charge is 0.463 e. The Morgan fingerprint density at radius 2 is 2.44 bits per heavy atom. The fraction of sp³-hybridized carbons (Fsp3) is 0.333. The molecule has 9 heavy (non-hydrogen) atoms. The molecule has 3 heteroatoms. The number of carbonyl (C=O) groups excluding carboxylic acids is 2. The van der Waals surface area contributed by atoms with Gasteiger partial charge in [0.25, 0.3) is 0 Å². The van der Waals surface area contributed by atoms with Gasteiger partial charge in [0.2, 0.25) is 6.29 Å². The average molecular weight is 127 g/mol. The lowest BCUT2D eigenvalue weighted by Crippen LogP contribution is -1.98. The zero-order valence-corrected chi connectivity index (χ0v) is 5.09. The van der Waals surface area contributed by atoms with Gasteiger partial charge >= 0.3 is 5.97 Å². The first kappa shape index (κ1) is 7.88. The number of esters is 1. The molecule has 0 N–H and O–H groups in total. The third kappa shape index (κ3) is 4.74. The molecule has 0 atom stereocenters. The van der Waals surface area contributed by atoms with Crippen LogP contribution in [-0.2, 0) is 14.3 Å². The standard InChI is InChI=1S/C6H7O3/c1-2-9-6(8)4-3-5-7/h3-4H,2H2,1H3. The molecular formula is C6H7O3. The maximum absolute atomic E-state index is 10.3. The topological polar surface area (TPSA) is 43.4 Å². The highest BCUT2D eigenvalue weighted by Gasteiger charge is 1.89. The van der Waals surface area contributed by atoms with Crippen molar-refractivity contribution in [2.24, 2.45) is 0 Å². The second-order valence-electron chi connectivity index (χ2n) is 1.20. The van der Waals surface area contributed by atoms with Crippen LogP contribution in [0.1, 0.15) is 6.92 Å². The summed E-state index contributed by atoms with van der Waals surface area (Å²) in [7, 11) is 0. The van der Waals surface area contributed by atoms with Gasteiger partial charge in [-0.1, -0.05) is 0 Å². The van der Waals surface area contributed by atoms with Crippen molar-refractivity contribution in [1.29, 1.82) is 0 Å². The minimum Gasteiger partial charge on any atom is -0.463 e. The lowest BCUT2D eigenvalue weighted by atomic mass is 10.5. The van der Waals surface area contributed by atoms with Gasteiger partial charge in [0.05, 0.1) is 6.61 Å². The average Bonchev–Trinajstić information content (AvgIpc) is 1.85. The Balaban J connectivity index is 3.49. The first-order valence-corrected chi connectivity index (χ1v) is 2.52. The van der Waals surface area contributed by atoms with E-state index >= 15 is 0 Å². The molecule has 0 aromatic rings. The minimum absolute atomic E-state index is 0.321. The molecule has 0 aromatic carbocycles. The van der Waals surface area contributed by atoms with Crippen molar-refractivity contribution in [1.82, 2.24) is 0 Å². The highest BCUT2D eigenvalue weighted by atomic mass is 16.5. The van der Waals surface area contributed by atoms with Crippen molar-refractivity contribution in [3.05, 3.63) is 12.2 Å². The maximum atomic E-state index is 10.3. The summed E-state index contributed by atoms with van der Waals surface area (Å²) in [4.78, 5) is 19.8. The Kier molecular flexibility index (Phi) is 4.40. The fourth-order valence-corrected chi connectivity index (χ4v) is 0.292. The normalized spacial score (nSPS) is 9.44. The molecule has 3 nitrogen and oxygen atoms in total. The van der Waals surface area contributed by atoms with E-state index in [1.807, 2.05) is 0 Å². The molecule has 0 rings (SSSR count). The van der Waals surface area contributed by atoms with Crippen LogP contribution < -0.4 is 0 Å². The van der Waals surface area contributed by atoms with Crippen molar-refractivity contribution in [2.75, 3.05) is 6.61 Å². The fourth-order valence-electron chi connectivity index (χ4n) is 0.292. The van der Waals surface area contributed by atoms with E-state index < -0.39 is 5.97 Å². The molecule has 0 aliphatic rings. The highest BCUT2D eigenvalue weighted by Crippen LogP contribution is 1.77. The Morgan fingerprint density at radius 1 is 1.78 bits per heavy atom. The Bertz CT molecular complexity index is 126. The molecule has 0 heterocycles. The van der Waals surface area contributed by atoms with Gasteiger partial charge < -0.3 is 4.74 Å². The maximum Gasteiger partial charge on any atom is 0.330 e. The summed E-state index contributed by atoms with van der Waals surface area (Å²) in [6.45, 7) is 2.01. The summed E-state index contributed by atoms with van der Waals surface area (Å²) in [5, 5.41) is 0. The second kappa shape index (κ2) is 5.03.